The lowest BCUT2D eigenvalue weighted by Gasteiger charge is -2.11. The van der Waals surface area contributed by atoms with Gasteiger partial charge in [0, 0.05) is 15.7 Å². The predicted octanol–water partition coefficient (Wildman–Crippen LogP) is 6.08. The minimum absolute atomic E-state index is 0.400. The first kappa shape index (κ1) is 18.1. The van der Waals surface area contributed by atoms with Crippen molar-refractivity contribution >= 4 is 35.0 Å². The minimum Gasteiger partial charge on any atom is -0.488 e. The predicted molar refractivity (Wildman–Crippen MR) is 97.9 cm³/mol. The van der Waals surface area contributed by atoms with Crippen molar-refractivity contribution in [3.63, 3.8) is 0 Å². The summed E-state index contributed by atoms with van der Waals surface area (Å²) < 4.78 is 10.4. The molecule has 0 aliphatic heterocycles. The average molecular weight is 367 g/mol. The second-order valence-corrected chi connectivity index (χ2v) is 6.84. The molecule has 0 amide bonds. The maximum absolute atomic E-state index is 6.07. The molecule has 0 spiro atoms. The summed E-state index contributed by atoms with van der Waals surface area (Å²) in [6.45, 7) is 6.38. The number of aryl methyl sites for hydroxylation is 1. The van der Waals surface area contributed by atoms with Crippen LogP contribution >= 0.6 is 35.0 Å². The molecule has 0 aromatic heterocycles. The molecule has 23 heavy (non-hydrogen) atoms. The quantitative estimate of drug-likeness (QED) is 0.437. The van der Waals surface area contributed by atoms with Gasteiger partial charge in [-0.2, -0.15) is 0 Å². The Bertz CT molecular complexity index is 701. The number of thioether (sulfide) groups is 1. The molecule has 5 heteroatoms. The van der Waals surface area contributed by atoms with Crippen LogP contribution in [0.5, 0.6) is 11.5 Å². The average Bonchev–Trinajstić information content (AvgIpc) is 2.52. The van der Waals surface area contributed by atoms with E-state index in [1.807, 2.05) is 25.1 Å². The third-order valence-corrected chi connectivity index (χ3v) is 4.71. The zero-order chi connectivity index (χ0) is 16.8. The van der Waals surface area contributed by atoms with Crippen LogP contribution in [0, 0.1) is 14.0 Å². The van der Waals surface area contributed by atoms with Crippen LogP contribution in [-0.4, -0.2) is 12.4 Å². The summed E-state index contributed by atoms with van der Waals surface area (Å²) in [7, 11) is 5.18. The number of hydrogen-bond acceptors (Lipinski definition) is 3. The van der Waals surface area contributed by atoms with Gasteiger partial charge in [-0.15, -0.1) is 11.8 Å². The molecule has 0 aliphatic carbocycles. The van der Waals surface area contributed by atoms with E-state index in [0.29, 0.717) is 28.2 Å². The standard InChI is InChI=1S/C18H16Cl2O2S/c1-12(10-22-18-6-4-14(19)9-16(18)20)11-23-15-5-7-17(21-3)13(2)8-15/h3-9H,1,10-11H2,2H3. The Morgan fingerprint density at radius 2 is 1.91 bits per heavy atom. The molecule has 2 aromatic carbocycles. The highest BCUT2D eigenvalue weighted by Gasteiger charge is 2.05. The van der Waals surface area contributed by atoms with Gasteiger partial charge in [-0.1, -0.05) is 29.8 Å². The maximum Gasteiger partial charge on any atom is 0.180 e. The van der Waals surface area contributed by atoms with Gasteiger partial charge in [0.1, 0.15) is 18.1 Å². The van der Waals surface area contributed by atoms with E-state index in [-0.39, 0.29) is 0 Å². The monoisotopic (exact) mass is 366 g/mol. The van der Waals surface area contributed by atoms with Crippen LogP contribution < -0.4 is 9.47 Å². The molecule has 0 aliphatic rings. The molecular weight excluding hydrogens is 351 g/mol. The zero-order valence-corrected chi connectivity index (χ0v) is 15.0. The topological polar surface area (TPSA) is 18.5 Å². The van der Waals surface area contributed by atoms with Crippen molar-refractivity contribution in [3.8, 4) is 11.5 Å². The molecule has 120 valence electrons. The summed E-state index contributed by atoms with van der Waals surface area (Å²) in [5, 5.41) is 1.07. The van der Waals surface area contributed by atoms with Gasteiger partial charge in [0.15, 0.2) is 7.11 Å². The van der Waals surface area contributed by atoms with E-state index in [4.69, 9.17) is 39.8 Å². The van der Waals surface area contributed by atoms with Crippen molar-refractivity contribution in [3.05, 3.63) is 71.3 Å². The van der Waals surface area contributed by atoms with Gasteiger partial charge < -0.3 is 9.47 Å². The van der Waals surface area contributed by atoms with Gasteiger partial charge in [0.25, 0.3) is 0 Å². The van der Waals surface area contributed by atoms with Gasteiger partial charge in [0.05, 0.1) is 5.02 Å². The van der Waals surface area contributed by atoms with Crippen molar-refractivity contribution in [2.75, 3.05) is 12.4 Å². The fourth-order valence-corrected chi connectivity index (χ4v) is 3.18. The number of ether oxygens (including phenoxy) is 2. The van der Waals surface area contributed by atoms with Crippen molar-refractivity contribution in [1.82, 2.24) is 0 Å². The Hall–Kier alpha value is -1.29. The summed E-state index contributed by atoms with van der Waals surface area (Å²) in [5.74, 6) is 2.02. The van der Waals surface area contributed by atoms with Crippen LogP contribution in [0.1, 0.15) is 5.56 Å². The highest BCUT2D eigenvalue weighted by Crippen LogP contribution is 2.29. The molecule has 2 radical (unpaired) electrons. The molecule has 0 N–H and O–H groups in total. The number of halogens is 2. The van der Waals surface area contributed by atoms with E-state index < -0.39 is 0 Å². The Morgan fingerprint density at radius 3 is 2.57 bits per heavy atom. The van der Waals surface area contributed by atoms with E-state index in [0.717, 1.165) is 21.8 Å². The van der Waals surface area contributed by atoms with Crippen molar-refractivity contribution in [2.24, 2.45) is 0 Å². The Morgan fingerprint density at radius 1 is 1.17 bits per heavy atom. The van der Waals surface area contributed by atoms with E-state index >= 15 is 0 Å². The summed E-state index contributed by atoms with van der Waals surface area (Å²) in [4.78, 5) is 1.12. The maximum atomic E-state index is 6.07. The van der Waals surface area contributed by atoms with Crippen LogP contribution in [0.3, 0.4) is 0 Å². The number of benzene rings is 2. The SMILES string of the molecule is [CH]Oc1ccc(SCC(=C)COc2ccc(Cl)cc2Cl)cc1C. The molecule has 0 saturated carbocycles. The second-order valence-electron chi connectivity index (χ2n) is 4.95. The van der Waals surface area contributed by atoms with Crippen LogP contribution in [-0.2, 0) is 0 Å². The van der Waals surface area contributed by atoms with E-state index in [2.05, 4.69) is 6.58 Å². The summed E-state index contributed by atoms with van der Waals surface area (Å²) in [5.41, 5.74) is 1.95. The van der Waals surface area contributed by atoms with Crippen molar-refractivity contribution in [1.29, 1.82) is 0 Å². The highest BCUT2D eigenvalue weighted by molar-refractivity contribution is 7.99. The molecular formula is C18H16Cl2O2S. The molecule has 2 nitrogen and oxygen atoms in total. The summed E-state index contributed by atoms with van der Waals surface area (Å²) >= 11 is 13.6. The molecule has 2 aromatic rings. The lowest BCUT2D eigenvalue weighted by atomic mass is 10.2. The molecule has 0 fully saturated rings. The Labute approximate surface area is 151 Å². The van der Waals surface area contributed by atoms with Gasteiger partial charge >= 0.3 is 0 Å². The van der Waals surface area contributed by atoms with Crippen LogP contribution in [0.25, 0.3) is 0 Å². The molecule has 0 heterocycles. The van der Waals surface area contributed by atoms with Gasteiger partial charge in [-0.3, -0.25) is 0 Å². The fraction of sp³-hybridized carbons (Fsp3) is 0.167. The van der Waals surface area contributed by atoms with Crippen molar-refractivity contribution in [2.45, 2.75) is 11.8 Å². The second kappa shape index (κ2) is 8.53. The van der Waals surface area contributed by atoms with E-state index in [1.54, 1.807) is 30.0 Å². The van der Waals surface area contributed by atoms with Crippen molar-refractivity contribution < 1.29 is 9.47 Å². The third-order valence-electron chi connectivity index (χ3n) is 3.04. The van der Waals surface area contributed by atoms with E-state index in [9.17, 15) is 0 Å². The third kappa shape index (κ3) is 5.38. The first-order valence-electron chi connectivity index (χ1n) is 6.84. The van der Waals surface area contributed by atoms with Crippen LogP contribution in [0.2, 0.25) is 10.0 Å². The number of hydrogen-bond donors (Lipinski definition) is 0. The van der Waals surface area contributed by atoms with Crippen LogP contribution in [0.15, 0.2) is 53.4 Å². The molecule has 0 atom stereocenters. The van der Waals surface area contributed by atoms with Gasteiger partial charge in [-0.05, 0) is 54.5 Å². The first-order chi connectivity index (χ1) is 11.0. The first-order valence-corrected chi connectivity index (χ1v) is 8.58. The molecule has 2 rings (SSSR count). The normalized spacial score (nSPS) is 10.4. The summed E-state index contributed by atoms with van der Waals surface area (Å²) in [6, 6.07) is 11.0. The highest BCUT2D eigenvalue weighted by atomic mass is 35.5. The Kier molecular flexibility index (Phi) is 6.70. The fourth-order valence-electron chi connectivity index (χ4n) is 1.84. The summed E-state index contributed by atoms with van der Waals surface area (Å²) in [6.07, 6.45) is 0. The minimum atomic E-state index is 0.400. The lowest BCUT2D eigenvalue weighted by molar-refractivity contribution is 0.353. The molecule has 0 bridgehead atoms. The van der Waals surface area contributed by atoms with Crippen LogP contribution in [0.4, 0.5) is 0 Å². The van der Waals surface area contributed by atoms with E-state index in [1.165, 1.54) is 0 Å². The van der Waals surface area contributed by atoms with Gasteiger partial charge in [-0.25, -0.2) is 0 Å². The lowest BCUT2D eigenvalue weighted by Crippen LogP contribution is -2.02. The smallest absolute Gasteiger partial charge is 0.180 e. The largest absolute Gasteiger partial charge is 0.488 e. The molecule has 0 saturated heterocycles. The molecule has 0 unspecified atom stereocenters. The van der Waals surface area contributed by atoms with Gasteiger partial charge in [0.2, 0.25) is 0 Å². The Balaban J connectivity index is 1.84. The number of rotatable bonds is 7. The zero-order valence-electron chi connectivity index (χ0n) is 12.6.